The SMILES string of the molecule is CC1CC[C@@H](CN)C1.CCCC=Nc1c(C)nc[nH]c1=O. The van der Waals surface area contributed by atoms with Crippen LogP contribution >= 0.6 is 0 Å². The van der Waals surface area contributed by atoms with Crippen LogP contribution in [-0.4, -0.2) is 22.7 Å². The molecule has 0 bridgehead atoms. The molecule has 0 spiro atoms. The first-order chi connectivity index (χ1) is 10.1. The lowest BCUT2D eigenvalue weighted by molar-refractivity contribution is 0.525. The summed E-state index contributed by atoms with van der Waals surface area (Å²) in [4.78, 5) is 21.7. The van der Waals surface area contributed by atoms with Crippen LogP contribution in [0.25, 0.3) is 0 Å². The molecule has 1 aliphatic carbocycles. The zero-order valence-electron chi connectivity index (χ0n) is 13.4. The number of unbranched alkanes of at least 4 members (excludes halogenated alkanes) is 1. The van der Waals surface area contributed by atoms with Gasteiger partial charge in [-0.25, -0.2) is 4.98 Å². The highest BCUT2D eigenvalue weighted by molar-refractivity contribution is 5.63. The Morgan fingerprint density at radius 3 is 2.76 bits per heavy atom. The molecule has 2 rings (SSSR count). The number of nitrogens with two attached hydrogens (primary N) is 1. The van der Waals surface area contributed by atoms with Gasteiger partial charge in [0.2, 0.25) is 0 Å². The average Bonchev–Trinajstić information content (AvgIpc) is 2.89. The van der Waals surface area contributed by atoms with Crippen molar-refractivity contribution in [3.05, 3.63) is 22.4 Å². The van der Waals surface area contributed by atoms with E-state index in [9.17, 15) is 4.79 Å². The lowest BCUT2D eigenvalue weighted by atomic mass is 10.1. The maximum atomic E-state index is 11.2. The number of H-pyrrole nitrogens is 1. The number of hydrogen-bond donors (Lipinski definition) is 2. The van der Waals surface area contributed by atoms with E-state index in [0.717, 1.165) is 31.2 Å². The Morgan fingerprint density at radius 2 is 2.29 bits per heavy atom. The summed E-state index contributed by atoms with van der Waals surface area (Å²) in [5.74, 6) is 1.80. The van der Waals surface area contributed by atoms with Crippen LogP contribution < -0.4 is 11.3 Å². The van der Waals surface area contributed by atoms with E-state index >= 15 is 0 Å². The van der Waals surface area contributed by atoms with Crippen LogP contribution in [0, 0.1) is 18.8 Å². The molecule has 0 amide bonds. The van der Waals surface area contributed by atoms with Crippen LogP contribution in [0.3, 0.4) is 0 Å². The average molecular weight is 292 g/mol. The third-order valence-electron chi connectivity index (χ3n) is 3.79. The maximum absolute atomic E-state index is 11.2. The second kappa shape index (κ2) is 9.45. The summed E-state index contributed by atoms with van der Waals surface area (Å²) >= 11 is 0. The molecular weight excluding hydrogens is 264 g/mol. The number of aromatic amines is 1. The van der Waals surface area contributed by atoms with Gasteiger partial charge in [0.05, 0.1) is 12.0 Å². The van der Waals surface area contributed by atoms with Gasteiger partial charge in [0.15, 0.2) is 0 Å². The van der Waals surface area contributed by atoms with Crippen molar-refractivity contribution >= 4 is 11.9 Å². The first kappa shape index (κ1) is 17.6. The molecular formula is C16H28N4O. The Bertz CT molecular complexity index is 495. The van der Waals surface area contributed by atoms with E-state index in [1.165, 1.54) is 25.6 Å². The molecule has 1 aromatic rings. The summed E-state index contributed by atoms with van der Waals surface area (Å²) in [6, 6.07) is 0. The van der Waals surface area contributed by atoms with Crippen LogP contribution in [0.1, 0.15) is 51.6 Å². The first-order valence-electron chi connectivity index (χ1n) is 7.85. The minimum atomic E-state index is -0.181. The highest BCUT2D eigenvalue weighted by Gasteiger charge is 2.18. The molecule has 1 unspecified atom stereocenters. The quantitative estimate of drug-likeness (QED) is 0.837. The third kappa shape index (κ3) is 6.21. The largest absolute Gasteiger partial charge is 0.330 e. The van der Waals surface area contributed by atoms with E-state index in [2.05, 4.69) is 28.8 Å². The number of aromatic nitrogens is 2. The summed E-state index contributed by atoms with van der Waals surface area (Å²) < 4.78 is 0. The zero-order chi connectivity index (χ0) is 15.7. The Morgan fingerprint density at radius 1 is 1.52 bits per heavy atom. The van der Waals surface area contributed by atoms with E-state index in [1.807, 2.05) is 0 Å². The van der Waals surface area contributed by atoms with E-state index in [-0.39, 0.29) is 5.56 Å². The Balaban J connectivity index is 0.000000235. The van der Waals surface area contributed by atoms with Crippen molar-refractivity contribution in [1.29, 1.82) is 0 Å². The van der Waals surface area contributed by atoms with Crippen molar-refractivity contribution in [3.8, 4) is 0 Å². The molecule has 3 N–H and O–H groups in total. The van der Waals surface area contributed by atoms with Crippen LogP contribution in [0.4, 0.5) is 5.69 Å². The molecule has 0 aliphatic heterocycles. The molecule has 1 saturated carbocycles. The molecule has 21 heavy (non-hydrogen) atoms. The number of rotatable bonds is 4. The van der Waals surface area contributed by atoms with Gasteiger partial charge in [-0.15, -0.1) is 0 Å². The molecule has 0 radical (unpaired) electrons. The number of nitrogens with one attached hydrogen (secondary N) is 1. The van der Waals surface area contributed by atoms with Gasteiger partial charge in [-0.1, -0.05) is 26.7 Å². The topological polar surface area (TPSA) is 84.1 Å². The molecule has 0 aromatic carbocycles. The molecule has 1 aliphatic rings. The number of nitrogens with zero attached hydrogens (tertiary/aromatic N) is 2. The zero-order valence-corrected chi connectivity index (χ0v) is 13.4. The standard InChI is InChI=1S/C9H13N3O.C7H15N/c1-3-4-5-10-8-7(2)11-6-12-9(8)13;1-6-2-3-7(4-6)5-8/h5-6H,3-4H2,1-2H3,(H,11,12,13);6-7H,2-5,8H2,1H3/t;6?,7-/m.1/s1. The van der Waals surface area contributed by atoms with Gasteiger partial charge in [0, 0.05) is 6.21 Å². The third-order valence-corrected chi connectivity index (χ3v) is 3.79. The fraction of sp³-hybridized carbons (Fsp3) is 0.688. The molecule has 5 nitrogen and oxygen atoms in total. The highest BCUT2D eigenvalue weighted by Crippen LogP contribution is 2.28. The molecule has 2 atom stereocenters. The molecule has 1 aromatic heterocycles. The highest BCUT2D eigenvalue weighted by atomic mass is 16.1. The Kier molecular flexibility index (Phi) is 7.90. The molecule has 1 fully saturated rings. The van der Waals surface area contributed by atoms with Crippen molar-refractivity contribution in [3.63, 3.8) is 0 Å². The van der Waals surface area contributed by atoms with Crippen molar-refractivity contribution in [2.45, 2.75) is 52.9 Å². The summed E-state index contributed by atoms with van der Waals surface area (Å²) in [5, 5.41) is 0. The summed E-state index contributed by atoms with van der Waals surface area (Å²) in [5.41, 5.74) is 6.39. The smallest absolute Gasteiger partial charge is 0.276 e. The summed E-state index contributed by atoms with van der Waals surface area (Å²) in [7, 11) is 0. The van der Waals surface area contributed by atoms with Gasteiger partial charge < -0.3 is 10.7 Å². The van der Waals surface area contributed by atoms with Crippen molar-refractivity contribution < 1.29 is 0 Å². The Hall–Kier alpha value is -1.49. The second-order valence-electron chi connectivity index (χ2n) is 5.79. The van der Waals surface area contributed by atoms with Gasteiger partial charge in [-0.2, -0.15) is 0 Å². The fourth-order valence-corrected chi connectivity index (χ4v) is 2.46. The first-order valence-corrected chi connectivity index (χ1v) is 7.85. The van der Waals surface area contributed by atoms with E-state index < -0.39 is 0 Å². The van der Waals surface area contributed by atoms with Crippen molar-refractivity contribution in [2.75, 3.05) is 6.54 Å². The van der Waals surface area contributed by atoms with Gasteiger partial charge in [-0.05, 0) is 44.6 Å². The monoisotopic (exact) mass is 292 g/mol. The van der Waals surface area contributed by atoms with Crippen LogP contribution in [0.15, 0.2) is 16.1 Å². The fourth-order valence-electron chi connectivity index (χ4n) is 2.46. The van der Waals surface area contributed by atoms with Crippen LogP contribution in [-0.2, 0) is 0 Å². The lowest BCUT2D eigenvalue weighted by Crippen LogP contribution is -2.10. The summed E-state index contributed by atoms with van der Waals surface area (Å²) in [6.45, 7) is 7.06. The predicted molar refractivity (Wildman–Crippen MR) is 88.2 cm³/mol. The summed E-state index contributed by atoms with van der Waals surface area (Å²) in [6.07, 6.45) is 9.19. The lowest BCUT2D eigenvalue weighted by Gasteiger charge is -2.02. The number of aryl methyl sites for hydroxylation is 1. The maximum Gasteiger partial charge on any atom is 0.276 e. The predicted octanol–water partition coefficient (Wildman–Crippen LogP) is 2.96. The Labute approximate surface area is 127 Å². The van der Waals surface area contributed by atoms with Crippen LogP contribution in [0.2, 0.25) is 0 Å². The van der Waals surface area contributed by atoms with E-state index in [0.29, 0.717) is 11.4 Å². The van der Waals surface area contributed by atoms with Gasteiger partial charge in [0.1, 0.15) is 5.69 Å². The minimum absolute atomic E-state index is 0.181. The van der Waals surface area contributed by atoms with Crippen molar-refractivity contribution in [1.82, 2.24) is 9.97 Å². The number of aliphatic imine (C=N–C) groups is 1. The van der Waals surface area contributed by atoms with Gasteiger partial charge >= 0.3 is 0 Å². The number of hydrogen-bond acceptors (Lipinski definition) is 4. The second-order valence-corrected chi connectivity index (χ2v) is 5.79. The molecule has 5 heteroatoms. The van der Waals surface area contributed by atoms with Crippen LogP contribution in [0.5, 0.6) is 0 Å². The normalized spacial score (nSPS) is 21.3. The van der Waals surface area contributed by atoms with E-state index in [4.69, 9.17) is 5.73 Å². The van der Waals surface area contributed by atoms with Crippen molar-refractivity contribution in [2.24, 2.45) is 22.6 Å². The van der Waals surface area contributed by atoms with Gasteiger partial charge in [0.25, 0.3) is 5.56 Å². The minimum Gasteiger partial charge on any atom is -0.330 e. The van der Waals surface area contributed by atoms with Gasteiger partial charge in [-0.3, -0.25) is 9.79 Å². The van der Waals surface area contributed by atoms with E-state index in [1.54, 1.807) is 13.1 Å². The molecule has 1 heterocycles. The molecule has 118 valence electrons. The molecule has 0 saturated heterocycles.